The van der Waals surface area contributed by atoms with E-state index in [9.17, 15) is 9.59 Å². The lowest BCUT2D eigenvalue weighted by atomic mass is 10.0. The number of carbonyl (C=O) groups is 2. The second-order valence-electron chi connectivity index (χ2n) is 8.20. The highest BCUT2D eigenvalue weighted by Crippen LogP contribution is 2.39. The number of H-pyrrole nitrogens is 1. The van der Waals surface area contributed by atoms with E-state index >= 15 is 0 Å². The number of amides is 1. The van der Waals surface area contributed by atoms with E-state index in [-0.39, 0.29) is 11.6 Å². The van der Waals surface area contributed by atoms with Gasteiger partial charge in [-0.05, 0) is 43.2 Å². The predicted octanol–water partition coefficient (Wildman–Crippen LogP) is 4.18. The van der Waals surface area contributed by atoms with Gasteiger partial charge < -0.3 is 24.1 Å². The highest BCUT2D eigenvalue weighted by molar-refractivity contribution is 6.13. The molecular formula is C26H25N3O5. The molecule has 8 heteroatoms. The van der Waals surface area contributed by atoms with Crippen LogP contribution in [0.5, 0.6) is 11.5 Å². The van der Waals surface area contributed by atoms with Crippen molar-refractivity contribution < 1.29 is 23.8 Å². The fraction of sp³-hybridized carbons (Fsp3) is 0.269. The Labute approximate surface area is 196 Å². The minimum absolute atomic E-state index is 0.257. The lowest BCUT2D eigenvalue weighted by Gasteiger charge is -2.22. The molecule has 174 valence electrons. The second-order valence-corrected chi connectivity index (χ2v) is 8.20. The number of hydrogen-bond acceptors (Lipinski definition) is 6. The molecule has 0 saturated carbocycles. The molecule has 5 rings (SSSR count). The molecule has 2 aromatic carbocycles. The van der Waals surface area contributed by atoms with Crippen LogP contribution in [0.25, 0.3) is 33.1 Å². The molecule has 1 fully saturated rings. The van der Waals surface area contributed by atoms with Crippen molar-refractivity contribution in [1.29, 1.82) is 0 Å². The van der Waals surface area contributed by atoms with Crippen LogP contribution in [0.4, 0.5) is 0 Å². The number of nitrogens with zero attached hydrogens (tertiary/aromatic N) is 2. The molecule has 2 aromatic heterocycles. The lowest BCUT2D eigenvalue weighted by molar-refractivity contribution is -0.145. The summed E-state index contributed by atoms with van der Waals surface area (Å²) in [4.78, 5) is 35.7. The molecule has 1 aliphatic heterocycles. The van der Waals surface area contributed by atoms with E-state index in [0.29, 0.717) is 35.7 Å². The smallest absolute Gasteiger partial charge is 0.328 e. The van der Waals surface area contributed by atoms with Crippen molar-refractivity contribution in [3.8, 4) is 22.8 Å². The van der Waals surface area contributed by atoms with Crippen LogP contribution < -0.4 is 9.47 Å². The Morgan fingerprint density at radius 3 is 2.62 bits per heavy atom. The van der Waals surface area contributed by atoms with Crippen molar-refractivity contribution in [3.63, 3.8) is 0 Å². The third-order valence-electron chi connectivity index (χ3n) is 6.36. The minimum atomic E-state index is -0.604. The number of methoxy groups -OCH3 is 3. The molecule has 4 aromatic rings. The highest BCUT2D eigenvalue weighted by Gasteiger charge is 2.36. The summed E-state index contributed by atoms with van der Waals surface area (Å²) in [5.41, 5.74) is 3.24. The predicted molar refractivity (Wildman–Crippen MR) is 128 cm³/mol. The van der Waals surface area contributed by atoms with Gasteiger partial charge in [0.2, 0.25) is 0 Å². The Kier molecular flexibility index (Phi) is 5.57. The van der Waals surface area contributed by atoms with Crippen molar-refractivity contribution >= 4 is 33.7 Å². The number of aromatic amines is 1. The second kappa shape index (κ2) is 8.70. The van der Waals surface area contributed by atoms with Gasteiger partial charge in [0.1, 0.15) is 23.2 Å². The highest BCUT2D eigenvalue weighted by atomic mass is 16.5. The van der Waals surface area contributed by atoms with Gasteiger partial charge in [0.25, 0.3) is 5.91 Å². The summed E-state index contributed by atoms with van der Waals surface area (Å²) in [5.74, 6) is 0.534. The van der Waals surface area contributed by atoms with Gasteiger partial charge in [0.05, 0.1) is 32.5 Å². The number of pyridine rings is 1. The number of benzene rings is 2. The molecule has 0 aliphatic carbocycles. The Morgan fingerprint density at radius 1 is 1.03 bits per heavy atom. The summed E-state index contributed by atoms with van der Waals surface area (Å²) in [6.07, 6.45) is 1.31. The van der Waals surface area contributed by atoms with Crippen molar-refractivity contribution in [2.45, 2.75) is 18.9 Å². The zero-order valence-corrected chi connectivity index (χ0v) is 19.3. The van der Waals surface area contributed by atoms with Crippen molar-refractivity contribution in [1.82, 2.24) is 14.9 Å². The number of likely N-dealkylation sites (tertiary alicyclic amines) is 1. The molecule has 1 atom stereocenters. The van der Waals surface area contributed by atoms with Crippen LogP contribution in [-0.2, 0) is 9.53 Å². The van der Waals surface area contributed by atoms with E-state index in [1.54, 1.807) is 25.2 Å². The van der Waals surface area contributed by atoms with E-state index in [1.165, 1.54) is 7.11 Å². The van der Waals surface area contributed by atoms with Gasteiger partial charge in [-0.2, -0.15) is 0 Å². The third kappa shape index (κ3) is 3.51. The number of para-hydroxylation sites is 1. The average Bonchev–Trinajstić information content (AvgIpc) is 3.52. The van der Waals surface area contributed by atoms with Crippen LogP contribution in [0, 0.1) is 0 Å². The van der Waals surface area contributed by atoms with Gasteiger partial charge >= 0.3 is 5.97 Å². The zero-order valence-electron chi connectivity index (χ0n) is 19.3. The normalized spacial score (nSPS) is 15.6. The third-order valence-corrected chi connectivity index (χ3v) is 6.36. The lowest BCUT2D eigenvalue weighted by Crippen LogP contribution is -2.41. The summed E-state index contributed by atoms with van der Waals surface area (Å²) in [5, 5.41) is 1.84. The Morgan fingerprint density at radius 2 is 1.85 bits per heavy atom. The maximum absolute atomic E-state index is 13.6. The number of ether oxygens (including phenoxy) is 3. The van der Waals surface area contributed by atoms with Crippen LogP contribution in [0.15, 0.2) is 48.5 Å². The van der Waals surface area contributed by atoms with E-state index in [2.05, 4.69) is 4.98 Å². The van der Waals surface area contributed by atoms with Gasteiger partial charge in [0.15, 0.2) is 0 Å². The number of aromatic nitrogens is 2. The van der Waals surface area contributed by atoms with Gasteiger partial charge in [-0.3, -0.25) is 4.79 Å². The average molecular weight is 460 g/mol. The number of esters is 1. The maximum atomic E-state index is 13.6. The molecule has 1 unspecified atom stereocenters. The van der Waals surface area contributed by atoms with E-state index in [0.717, 1.165) is 28.2 Å². The largest absolute Gasteiger partial charge is 0.497 e. The molecule has 3 heterocycles. The minimum Gasteiger partial charge on any atom is -0.497 e. The first-order valence-electron chi connectivity index (χ1n) is 11.1. The molecule has 1 saturated heterocycles. The Hall–Kier alpha value is -4.07. The van der Waals surface area contributed by atoms with Crippen molar-refractivity contribution in [2.75, 3.05) is 27.9 Å². The van der Waals surface area contributed by atoms with Gasteiger partial charge in [0, 0.05) is 28.4 Å². The fourth-order valence-electron chi connectivity index (χ4n) is 4.69. The number of hydrogen-bond donors (Lipinski definition) is 1. The first-order chi connectivity index (χ1) is 16.5. The fourth-order valence-corrected chi connectivity index (χ4v) is 4.69. The molecular weight excluding hydrogens is 434 g/mol. The number of rotatable bonds is 5. The summed E-state index contributed by atoms with van der Waals surface area (Å²) >= 11 is 0. The van der Waals surface area contributed by atoms with Crippen LogP contribution >= 0.6 is 0 Å². The monoisotopic (exact) mass is 459 g/mol. The molecule has 1 N–H and O–H groups in total. The van der Waals surface area contributed by atoms with Crippen molar-refractivity contribution in [2.24, 2.45) is 0 Å². The number of fused-ring (bicyclic) bond motifs is 3. The van der Waals surface area contributed by atoms with Crippen LogP contribution in [0.2, 0.25) is 0 Å². The topological polar surface area (TPSA) is 93.8 Å². The van der Waals surface area contributed by atoms with Crippen LogP contribution in [-0.4, -0.2) is 60.7 Å². The number of carbonyl (C=O) groups excluding carboxylic acids is 2. The molecule has 34 heavy (non-hydrogen) atoms. The quantitative estimate of drug-likeness (QED) is 0.450. The first-order valence-corrected chi connectivity index (χ1v) is 11.1. The first kappa shape index (κ1) is 21.8. The van der Waals surface area contributed by atoms with E-state index < -0.39 is 12.0 Å². The van der Waals surface area contributed by atoms with Gasteiger partial charge in [-0.1, -0.05) is 18.2 Å². The summed E-state index contributed by atoms with van der Waals surface area (Å²) < 4.78 is 16.0. The SMILES string of the molecule is COC(=O)C1CCCN1C(=O)c1cc2c([nH]c3ccccc32)c(-c2cc(OC)ccc2OC)n1. The molecule has 0 radical (unpaired) electrons. The molecule has 0 spiro atoms. The summed E-state index contributed by atoms with van der Waals surface area (Å²) in [7, 11) is 4.53. The Balaban J connectivity index is 1.75. The van der Waals surface area contributed by atoms with Crippen molar-refractivity contribution in [3.05, 3.63) is 54.2 Å². The number of nitrogens with one attached hydrogen (secondary N) is 1. The zero-order chi connectivity index (χ0) is 23.8. The van der Waals surface area contributed by atoms with Crippen LogP contribution in [0.1, 0.15) is 23.3 Å². The maximum Gasteiger partial charge on any atom is 0.328 e. The Bertz CT molecular complexity index is 1410. The van der Waals surface area contributed by atoms with E-state index in [4.69, 9.17) is 19.2 Å². The molecule has 1 aliphatic rings. The summed E-state index contributed by atoms with van der Waals surface area (Å²) in [6.45, 7) is 0.476. The van der Waals surface area contributed by atoms with Crippen LogP contribution in [0.3, 0.4) is 0 Å². The van der Waals surface area contributed by atoms with Gasteiger partial charge in [-0.25, -0.2) is 9.78 Å². The van der Waals surface area contributed by atoms with Gasteiger partial charge in [-0.15, -0.1) is 0 Å². The molecule has 0 bridgehead atoms. The summed E-state index contributed by atoms with van der Waals surface area (Å²) in [6, 6.07) is 14.5. The standard InChI is InChI=1S/C26H25N3O5/c1-32-15-10-11-22(33-2)18(13-15)24-23-17(16-7-4-5-8-19(16)27-23)14-20(28-24)25(30)29-12-6-9-21(29)26(31)34-3/h4-5,7-8,10-11,13-14,21,27H,6,9,12H2,1-3H3. The molecule has 8 nitrogen and oxygen atoms in total. The van der Waals surface area contributed by atoms with E-state index in [1.807, 2.05) is 42.5 Å². The molecule has 1 amide bonds.